The lowest BCUT2D eigenvalue weighted by atomic mass is 9.66. The summed E-state index contributed by atoms with van der Waals surface area (Å²) in [5, 5.41) is 0.703. The fourth-order valence-electron chi connectivity index (χ4n) is 6.54. The number of halogens is 1. The maximum Gasteiger partial charge on any atom is 0.132 e. The van der Waals surface area contributed by atoms with Crippen LogP contribution in [-0.2, 0) is 5.41 Å². The summed E-state index contributed by atoms with van der Waals surface area (Å²) in [6, 6.07) is 49.4. The van der Waals surface area contributed by atoms with Crippen molar-refractivity contribution in [2.24, 2.45) is 0 Å². The van der Waals surface area contributed by atoms with Crippen molar-refractivity contribution in [3.05, 3.63) is 167 Å². The van der Waals surface area contributed by atoms with E-state index in [2.05, 4.69) is 121 Å². The van der Waals surface area contributed by atoms with Crippen molar-refractivity contribution in [1.82, 2.24) is 0 Å². The van der Waals surface area contributed by atoms with E-state index in [1.807, 2.05) is 18.2 Å². The molecule has 6 aromatic carbocycles. The normalized spacial score (nSPS) is 13.7. The first-order chi connectivity index (χ1) is 19.2. The van der Waals surface area contributed by atoms with Crippen molar-refractivity contribution in [1.29, 1.82) is 0 Å². The van der Waals surface area contributed by atoms with Crippen LogP contribution in [0.5, 0.6) is 11.5 Å². The summed E-state index contributed by atoms with van der Waals surface area (Å²) >= 11 is 6.66. The lowest BCUT2D eigenvalue weighted by Crippen LogP contribution is -2.32. The SMILES string of the molecule is Clc1ccc2c(c1)C1(c3cc(-c4ccc(-c5ccccc5)cc4)ccc3O2)c2ccccc2-c2ccccc21. The highest BCUT2D eigenvalue weighted by molar-refractivity contribution is 6.30. The highest BCUT2D eigenvalue weighted by atomic mass is 35.5. The second-order valence-corrected chi connectivity index (χ2v) is 10.7. The minimum atomic E-state index is -0.527. The molecular weight excluding hydrogens is 496 g/mol. The number of hydrogen-bond donors (Lipinski definition) is 0. The van der Waals surface area contributed by atoms with E-state index >= 15 is 0 Å². The molecule has 0 saturated heterocycles. The second kappa shape index (κ2) is 8.46. The minimum Gasteiger partial charge on any atom is -0.457 e. The Balaban J connectivity index is 1.38. The van der Waals surface area contributed by atoms with Gasteiger partial charge in [0.2, 0.25) is 0 Å². The summed E-state index contributed by atoms with van der Waals surface area (Å²) in [7, 11) is 0. The van der Waals surface area contributed by atoms with E-state index in [0.29, 0.717) is 5.02 Å². The zero-order valence-corrected chi connectivity index (χ0v) is 21.8. The number of fused-ring (bicyclic) bond motifs is 9. The maximum atomic E-state index is 6.66. The van der Waals surface area contributed by atoms with Gasteiger partial charge >= 0.3 is 0 Å². The highest BCUT2D eigenvalue weighted by Crippen LogP contribution is 2.62. The largest absolute Gasteiger partial charge is 0.457 e. The molecule has 0 unspecified atom stereocenters. The van der Waals surface area contributed by atoms with Crippen LogP contribution in [0.25, 0.3) is 33.4 Å². The molecule has 6 aromatic rings. The van der Waals surface area contributed by atoms with Gasteiger partial charge in [0, 0.05) is 16.1 Å². The predicted molar refractivity (Wildman–Crippen MR) is 160 cm³/mol. The zero-order valence-electron chi connectivity index (χ0n) is 21.1. The monoisotopic (exact) mass is 518 g/mol. The molecule has 0 amide bonds. The molecule has 39 heavy (non-hydrogen) atoms. The summed E-state index contributed by atoms with van der Waals surface area (Å²) in [6.07, 6.45) is 0. The standard InChI is InChI=1S/C37H23ClO/c38-28-19-21-36-34(23-28)37(31-12-6-4-10-29(31)30-11-5-7-13-32(30)37)33-22-27(18-20-35(33)39-36)26-16-14-25(15-17-26)24-8-2-1-3-9-24/h1-23H. The first-order valence-corrected chi connectivity index (χ1v) is 13.6. The van der Waals surface area contributed by atoms with Gasteiger partial charge in [0.25, 0.3) is 0 Å². The average Bonchev–Trinajstić information content (AvgIpc) is 3.29. The molecule has 1 nitrogen and oxygen atoms in total. The molecule has 8 rings (SSSR count). The van der Waals surface area contributed by atoms with Gasteiger partial charge in [-0.1, -0.05) is 121 Å². The summed E-state index contributed by atoms with van der Waals surface area (Å²) < 4.78 is 6.56. The van der Waals surface area contributed by atoms with Gasteiger partial charge in [-0.05, 0) is 74.8 Å². The molecule has 0 radical (unpaired) electrons. The van der Waals surface area contributed by atoms with E-state index in [0.717, 1.165) is 28.2 Å². The fraction of sp³-hybridized carbons (Fsp3) is 0.0270. The van der Waals surface area contributed by atoms with Crippen molar-refractivity contribution in [3.8, 4) is 44.9 Å². The number of hydrogen-bond acceptors (Lipinski definition) is 1. The van der Waals surface area contributed by atoms with Gasteiger partial charge in [-0.2, -0.15) is 0 Å². The van der Waals surface area contributed by atoms with Crippen LogP contribution < -0.4 is 4.74 Å². The molecule has 0 bridgehead atoms. The van der Waals surface area contributed by atoms with E-state index < -0.39 is 5.41 Å². The van der Waals surface area contributed by atoms with E-state index in [1.54, 1.807) is 0 Å². The van der Waals surface area contributed by atoms with Crippen molar-refractivity contribution in [3.63, 3.8) is 0 Å². The first kappa shape index (κ1) is 22.4. The number of rotatable bonds is 2. The Kier molecular flexibility index (Phi) is 4.86. The van der Waals surface area contributed by atoms with Gasteiger partial charge in [-0.25, -0.2) is 0 Å². The van der Waals surface area contributed by atoms with Gasteiger partial charge in [-0.15, -0.1) is 0 Å². The fourth-order valence-corrected chi connectivity index (χ4v) is 6.71. The molecule has 0 atom stereocenters. The Labute approximate surface area is 232 Å². The molecule has 1 spiro atoms. The predicted octanol–water partition coefficient (Wildman–Crippen LogP) is 10.1. The third kappa shape index (κ3) is 3.21. The average molecular weight is 519 g/mol. The van der Waals surface area contributed by atoms with Gasteiger partial charge < -0.3 is 4.74 Å². The molecular formula is C37H23ClO. The lowest BCUT2D eigenvalue weighted by molar-refractivity contribution is 0.436. The molecule has 1 heterocycles. The second-order valence-electron chi connectivity index (χ2n) is 10.2. The van der Waals surface area contributed by atoms with Crippen molar-refractivity contribution >= 4 is 11.6 Å². The Bertz CT molecular complexity index is 1840. The highest BCUT2D eigenvalue weighted by Gasteiger charge is 2.51. The summed E-state index contributed by atoms with van der Waals surface area (Å²) in [5.41, 5.74) is 11.5. The Morgan fingerprint density at radius 2 is 0.897 bits per heavy atom. The summed E-state index contributed by atoms with van der Waals surface area (Å²) in [4.78, 5) is 0. The van der Waals surface area contributed by atoms with Gasteiger partial charge in [0.15, 0.2) is 0 Å². The minimum absolute atomic E-state index is 0.527. The van der Waals surface area contributed by atoms with E-state index in [1.165, 1.54) is 38.9 Å². The Morgan fingerprint density at radius 3 is 1.56 bits per heavy atom. The molecule has 0 fully saturated rings. The molecule has 2 aliphatic rings. The summed E-state index contributed by atoms with van der Waals surface area (Å²) in [5.74, 6) is 1.72. The van der Waals surface area contributed by atoms with Crippen LogP contribution in [0.1, 0.15) is 22.3 Å². The van der Waals surface area contributed by atoms with Crippen molar-refractivity contribution in [2.75, 3.05) is 0 Å². The lowest BCUT2D eigenvalue weighted by Gasteiger charge is -2.39. The molecule has 0 saturated carbocycles. The van der Waals surface area contributed by atoms with Crippen LogP contribution >= 0.6 is 11.6 Å². The molecule has 1 aliphatic carbocycles. The smallest absolute Gasteiger partial charge is 0.132 e. The quantitative estimate of drug-likeness (QED) is 0.221. The van der Waals surface area contributed by atoms with Crippen molar-refractivity contribution in [2.45, 2.75) is 5.41 Å². The van der Waals surface area contributed by atoms with E-state index in [-0.39, 0.29) is 0 Å². The Morgan fingerprint density at radius 1 is 0.410 bits per heavy atom. The third-order valence-electron chi connectivity index (χ3n) is 8.23. The van der Waals surface area contributed by atoms with Gasteiger partial charge in [0.05, 0.1) is 5.41 Å². The van der Waals surface area contributed by atoms with Gasteiger partial charge in [-0.3, -0.25) is 0 Å². The topological polar surface area (TPSA) is 9.23 Å². The zero-order chi connectivity index (χ0) is 26.0. The Hall–Kier alpha value is -4.59. The van der Waals surface area contributed by atoms with Gasteiger partial charge in [0.1, 0.15) is 11.5 Å². The van der Waals surface area contributed by atoms with Crippen molar-refractivity contribution < 1.29 is 4.74 Å². The van der Waals surface area contributed by atoms with Crippen LogP contribution in [0.4, 0.5) is 0 Å². The van der Waals surface area contributed by atoms with Crippen LogP contribution in [0.15, 0.2) is 140 Å². The number of benzene rings is 6. The molecule has 0 N–H and O–H groups in total. The molecule has 184 valence electrons. The summed E-state index contributed by atoms with van der Waals surface area (Å²) in [6.45, 7) is 0. The van der Waals surface area contributed by atoms with E-state index in [9.17, 15) is 0 Å². The molecule has 2 heteroatoms. The van der Waals surface area contributed by atoms with Crippen LogP contribution in [0, 0.1) is 0 Å². The molecule has 0 aromatic heterocycles. The maximum absolute atomic E-state index is 6.66. The van der Waals surface area contributed by atoms with Crippen LogP contribution in [-0.4, -0.2) is 0 Å². The number of ether oxygens (including phenoxy) is 1. The molecule has 1 aliphatic heterocycles. The first-order valence-electron chi connectivity index (χ1n) is 13.2. The third-order valence-corrected chi connectivity index (χ3v) is 8.46. The van der Waals surface area contributed by atoms with Crippen LogP contribution in [0.2, 0.25) is 5.02 Å². The van der Waals surface area contributed by atoms with Crippen LogP contribution in [0.3, 0.4) is 0 Å². The van der Waals surface area contributed by atoms with E-state index in [4.69, 9.17) is 16.3 Å².